The molecule has 9 nitrogen and oxygen atoms in total. The Bertz CT molecular complexity index is 1240. The van der Waals surface area contributed by atoms with E-state index in [1.54, 1.807) is 24.3 Å². The SMILES string of the molecule is CC(C)(C)CN(NC(=O)c1ccc(CN2CCS(=O)(=O)CC2)cc1)c1cc(C(F)(F)F)nc(C#N)n1. The molecule has 1 N–H and O–H groups in total. The highest BCUT2D eigenvalue weighted by molar-refractivity contribution is 7.91. The van der Waals surface area contributed by atoms with E-state index < -0.39 is 38.9 Å². The van der Waals surface area contributed by atoms with Crippen molar-refractivity contribution < 1.29 is 26.4 Å². The second-order valence-electron chi connectivity index (χ2n) is 9.76. The third-order valence-electron chi connectivity index (χ3n) is 5.31. The first-order valence-electron chi connectivity index (χ1n) is 11.1. The van der Waals surface area contributed by atoms with Crippen LogP contribution in [0.3, 0.4) is 0 Å². The van der Waals surface area contributed by atoms with Crippen LogP contribution in [0.15, 0.2) is 30.3 Å². The Balaban J connectivity index is 1.78. The van der Waals surface area contributed by atoms with Crippen LogP contribution in [0.25, 0.3) is 0 Å². The summed E-state index contributed by atoms with van der Waals surface area (Å²) in [5.74, 6) is -1.26. The van der Waals surface area contributed by atoms with Crippen molar-refractivity contribution in [1.29, 1.82) is 5.26 Å². The highest BCUT2D eigenvalue weighted by Gasteiger charge is 2.35. The predicted molar refractivity (Wildman–Crippen MR) is 126 cm³/mol. The third kappa shape index (κ3) is 7.63. The van der Waals surface area contributed by atoms with Crippen molar-refractivity contribution in [3.8, 4) is 6.07 Å². The van der Waals surface area contributed by atoms with E-state index in [9.17, 15) is 26.4 Å². The predicted octanol–water partition coefficient (Wildman–Crippen LogP) is 2.79. The van der Waals surface area contributed by atoms with Crippen LogP contribution in [0.5, 0.6) is 0 Å². The van der Waals surface area contributed by atoms with Gasteiger partial charge in [0.15, 0.2) is 21.3 Å². The number of carbonyl (C=O) groups excluding carboxylic acids is 1. The van der Waals surface area contributed by atoms with E-state index in [1.165, 1.54) is 11.1 Å². The summed E-state index contributed by atoms with van der Waals surface area (Å²) in [5, 5.41) is 10.3. The molecule has 194 valence electrons. The van der Waals surface area contributed by atoms with Gasteiger partial charge in [0.1, 0.15) is 6.07 Å². The Morgan fingerprint density at radius 1 is 1.14 bits per heavy atom. The number of hydrogen-bond acceptors (Lipinski definition) is 8. The number of sulfone groups is 1. The van der Waals surface area contributed by atoms with Gasteiger partial charge < -0.3 is 0 Å². The summed E-state index contributed by atoms with van der Waals surface area (Å²) in [6.07, 6.45) is -4.80. The molecule has 2 heterocycles. The van der Waals surface area contributed by atoms with Gasteiger partial charge in [-0.25, -0.2) is 13.4 Å². The maximum absolute atomic E-state index is 13.3. The lowest BCUT2D eigenvalue weighted by molar-refractivity contribution is -0.141. The quantitative estimate of drug-likeness (QED) is 0.573. The zero-order valence-electron chi connectivity index (χ0n) is 20.1. The average molecular weight is 525 g/mol. The number of nitrogens with one attached hydrogen (secondary N) is 1. The normalized spacial score (nSPS) is 16.2. The van der Waals surface area contributed by atoms with Gasteiger partial charge in [-0.05, 0) is 23.1 Å². The van der Waals surface area contributed by atoms with Crippen LogP contribution in [-0.4, -0.2) is 60.3 Å². The number of carbonyl (C=O) groups is 1. The van der Waals surface area contributed by atoms with Crippen molar-refractivity contribution >= 4 is 21.6 Å². The number of amides is 1. The molecular weight excluding hydrogens is 497 g/mol. The minimum atomic E-state index is -4.80. The molecule has 1 aliphatic heterocycles. The number of halogens is 3. The van der Waals surface area contributed by atoms with Crippen molar-refractivity contribution in [2.45, 2.75) is 33.5 Å². The number of aromatic nitrogens is 2. The number of anilines is 1. The van der Waals surface area contributed by atoms with Crippen molar-refractivity contribution in [2.75, 3.05) is 36.1 Å². The molecule has 1 aromatic heterocycles. The number of rotatable bonds is 6. The first-order valence-corrected chi connectivity index (χ1v) is 12.9. The van der Waals surface area contributed by atoms with Gasteiger partial charge in [-0.15, -0.1) is 0 Å². The summed E-state index contributed by atoms with van der Waals surface area (Å²) in [7, 11) is -2.98. The Hall–Kier alpha value is -3.24. The summed E-state index contributed by atoms with van der Waals surface area (Å²) in [6, 6.07) is 8.87. The molecular formula is C23H27F3N6O3S. The zero-order valence-corrected chi connectivity index (χ0v) is 20.9. The lowest BCUT2D eigenvalue weighted by Gasteiger charge is -2.31. The molecule has 0 unspecified atom stereocenters. The summed E-state index contributed by atoms with van der Waals surface area (Å²) in [6.45, 7) is 7.03. The van der Waals surface area contributed by atoms with E-state index in [0.29, 0.717) is 25.7 Å². The Morgan fingerprint density at radius 3 is 2.28 bits per heavy atom. The number of hydrazine groups is 1. The van der Waals surface area contributed by atoms with Crippen LogP contribution >= 0.6 is 0 Å². The molecule has 0 radical (unpaired) electrons. The van der Waals surface area contributed by atoms with Crippen LogP contribution in [0.4, 0.5) is 19.0 Å². The van der Waals surface area contributed by atoms with Crippen LogP contribution in [-0.2, 0) is 22.6 Å². The Kier molecular flexibility index (Phi) is 7.90. The van der Waals surface area contributed by atoms with Gasteiger partial charge in [0, 0.05) is 37.8 Å². The van der Waals surface area contributed by atoms with Gasteiger partial charge in [0.25, 0.3) is 5.91 Å². The average Bonchev–Trinajstić information content (AvgIpc) is 2.78. The monoisotopic (exact) mass is 524 g/mol. The summed E-state index contributed by atoms with van der Waals surface area (Å²) in [5.41, 5.74) is 2.02. The Morgan fingerprint density at radius 2 is 1.75 bits per heavy atom. The smallest absolute Gasteiger partial charge is 0.297 e. The fourth-order valence-electron chi connectivity index (χ4n) is 3.54. The molecule has 0 atom stereocenters. The largest absolute Gasteiger partial charge is 0.433 e. The number of alkyl halides is 3. The van der Waals surface area contributed by atoms with E-state index in [4.69, 9.17) is 5.26 Å². The van der Waals surface area contributed by atoms with Crippen LogP contribution in [0, 0.1) is 16.7 Å². The fourth-order valence-corrected chi connectivity index (χ4v) is 4.81. The molecule has 1 aromatic carbocycles. The van der Waals surface area contributed by atoms with Gasteiger partial charge in [-0.1, -0.05) is 32.9 Å². The molecule has 1 amide bonds. The standard InChI is InChI=1S/C23H27F3N6O3S/c1-22(2,3)15-32(20-12-18(23(24,25)26)28-19(13-27)29-20)30-21(33)17-6-4-16(5-7-17)14-31-8-10-36(34,35)11-9-31/h4-7,12H,8-11,14-15H2,1-3H3,(H,30,33). The van der Waals surface area contributed by atoms with Crippen molar-refractivity contribution in [3.05, 3.63) is 53.0 Å². The van der Waals surface area contributed by atoms with E-state index in [1.807, 2.05) is 25.7 Å². The summed E-state index contributed by atoms with van der Waals surface area (Å²) in [4.78, 5) is 22.1. The van der Waals surface area contributed by atoms with E-state index >= 15 is 0 Å². The first-order chi connectivity index (χ1) is 16.6. The van der Waals surface area contributed by atoms with E-state index in [0.717, 1.165) is 5.56 Å². The Labute approximate surface area is 207 Å². The number of nitrogens with zero attached hydrogens (tertiary/aromatic N) is 5. The number of nitriles is 1. The maximum Gasteiger partial charge on any atom is 0.433 e. The van der Waals surface area contributed by atoms with Gasteiger partial charge in [-0.2, -0.15) is 23.4 Å². The molecule has 0 saturated carbocycles. The highest BCUT2D eigenvalue weighted by atomic mass is 32.2. The molecule has 1 aliphatic rings. The topological polar surface area (TPSA) is 119 Å². The molecule has 1 saturated heterocycles. The minimum Gasteiger partial charge on any atom is -0.297 e. The zero-order chi connectivity index (χ0) is 26.7. The number of benzene rings is 1. The molecule has 0 bridgehead atoms. The highest BCUT2D eigenvalue weighted by Crippen LogP contribution is 2.30. The molecule has 3 rings (SSSR count). The van der Waals surface area contributed by atoms with Crippen molar-refractivity contribution in [3.63, 3.8) is 0 Å². The van der Waals surface area contributed by atoms with Gasteiger partial charge >= 0.3 is 6.18 Å². The third-order valence-corrected chi connectivity index (χ3v) is 6.92. The summed E-state index contributed by atoms with van der Waals surface area (Å²) < 4.78 is 63.1. The van der Waals surface area contributed by atoms with E-state index in [-0.39, 0.29) is 29.4 Å². The van der Waals surface area contributed by atoms with Gasteiger partial charge in [-0.3, -0.25) is 20.1 Å². The minimum absolute atomic E-state index is 0.105. The maximum atomic E-state index is 13.3. The van der Waals surface area contributed by atoms with Crippen molar-refractivity contribution in [2.24, 2.45) is 5.41 Å². The summed E-state index contributed by atoms with van der Waals surface area (Å²) >= 11 is 0. The van der Waals surface area contributed by atoms with Gasteiger partial charge in [0.05, 0.1) is 11.5 Å². The van der Waals surface area contributed by atoms with Crippen LogP contribution in [0.2, 0.25) is 0 Å². The molecule has 2 aromatic rings. The molecule has 1 fully saturated rings. The lowest BCUT2D eigenvalue weighted by atomic mass is 9.96. The van der Waals surface area contributed by atoms with Crippen LogP contribution in [0.1, 0.15) is 48.2 Å². The second-order valence-corrected chi connectivity index (χ2v) is 12.1. The molecule has 0 aliphatic carbocycles. The lowest BCUT2D eigenvalue weighted by Crippen LogP contribution is -2.47. The molecule has 13 heteroatoms. The van der Waals surface area contributed by atoms with E-state index in [2.05, 4.69) is 15.4 Å². The second kappa shape index (κ2) is 10.4. The first kappa shape index (κ1) is 27.3. The number of hydrogen-bond donors (Lipinski definition) is 1. The molecule has 0 spiro atoms. The van der Waals surface area contributed by atoms with Gasteiger partial charge in [0.2, 0.25) is 5.82 Å². The van der Waals surface area contributed by atoms with Crippen LogP contribution < -0.4 is 10.4 Å². The van der Waals surface area contributed by atoms with Crippen molar-refractivity contribution in [1.82, 2.24) is 20.3 Å². The fraction of sp³-hybridized carbons (Fsp3) is 0.478. The molecule has 36 heavy (non-hydrogen) atoms.